The molecule has 0 saturated heterocycles. The van der Waals surface area contributed by atoms with E-state index in [1.54, 1.807) is 7.11 Å². The van der Waals surface area contributed by atoms with Crippen LogP contribution in [0.3, 0.4) is 0 Å². The Morgan fingerprint density at radius 2 is 2.12 bits per heavy atom. The van der Waals surface area contributed by atoms with Crippen molar-refractivity contribution in [1.82, 2.24) is 10.2 Å². The number of rotatable bonds is 9. The summed E-state index contributed by atoms with van der Waals surface area (Å²) in [5.74, 6) is 2.37. The first-order valence-electron chi connectivity index (χ1n) is 8.12. The first-order chi connectivity index (χ1) is 11.3. The standard InChI is InChI=1S/C17H24N2O4.ClH/c1-21-7-6-19(17(20)10-18-9-13-2-3-13)11-14-4-5-15-16(8-14)23-12-22-15;/h4-5,8,13,18H,2-3,6-7,9-12H2,1H3;1H. The lowest BCUT2D eigenvalue weighted by Gasteiger charge is -2.23. The monoisotopic (exact) mass is 356 g/mol. The Hall–Kier alpha value is -1.50. The highest BCUT2D eigenvalue weighted by Crippen LogP contribution is 2.32. The van der Waals surface area contributed by atoms with Crippen molar-refractivity contribution in [2.75, 3.05) is 40.1 Å². The number of carbonyl (C=O) groups excluding carboxylic acids is 1. The summed E-state index contributed by atoms with van der Waals surface area (Å²) in [6, 6.07) is 5.80. The van der Waals surface area contributed by atoms with Crippen LogP contribution in [0.1, 0.15) is 18.4 Å². The Morgan fingerprint density at radius 1 is 1.33 bits per heavy atom. The summed E-state index contributed by atoms with van der Waals surface area (Å²) in [7, 11) is 1.65. The first-order valence-corrected chi connectivity index (χ1v) is 8.12. The van der Waals surface area contributed by atoms with Crippen molar-refractivity contribution in [3.63, 3.8) is 0 Å². The average molecular weight is 357 g/mol. The molecule has 134 valence electrons. The van der Waals surface area contributed by atoms with E-state index in [-0.39, 0.29) is 25.1 Å². The molecule has 6 nitrogen and oxygen atoms in total. The molecular weight excluding hydrogens is 332 g/mol. The minimum absolute atomic E-state index is 0. The van der Waals surface area contributed by atoms with E-state index in [9.17, 15) is 4.79 Å². The molecule has 1 amide bonds. The Kier molecular flexibility index (Phi) is 7.15. The van der Waals surface area contributed by atoms with E-state index in [4.69, 9.17) is 14.2 Å². The quantitative estimate of drug-likeness (QED) is 0.731. The van der Waals surface area contributed by atoms with E-state index in [0.717, 1.165) is 29.5 Å². The fourth-order valence-electron chi connectivity index (χ4n) is 2.57. The number of hydrogen-bond donors (Lipinski definition) is 1. The molecule has 1 heterocycles. The normalized spacial score (nSPS) is 15.0. The van der Waals surface area contributed by atoms with Crippen LogP contribution in [0.15, 0.2) is 18.2 Å². The third-order valence-corrected chi connectivity index (χ3v) is 4.13. The van der Waals surface area contributed by atoms with Crippen molar-refractivity contribution in [2.24, 2.45) is 5.92 Å². The lowest BCUT2D eigenvalue weighted by Crippen LogP contribution is -2.40. The van der Waals surface area contributed by atoms with Gasteiger partial charge in [-0.1, -0.05) is 6.07 Å². The molecule has 0 radical (unpaired) electrons. The number of methoxy groups -OCH3 is 1. The summed E-state index contributed by atoms with van der Waals surface area (Å²) in [6.07, 6.45) is 2.57. The highest BCUT2D eigenvalue weighted by atomic mass is 35.5. The van der Waals surface area contributed by atoms with Crippen molar-refractivity contribution < 1.29 is 19.0 Å². The summed E-state index contributed by atoms with van der Waals surface area (Å²) in [5.41, 5.74) is 1.03. The number of benzene rings is 1. The van der Waals surface area contributed by atoms with E-state index >= 15 is 0 Å². The van der Waals surface area contributed by atoms with Gasteiger partial charge in [-0.15, -0.1) is 12.4 Å². The van der Waals surface area contributed by atoms with Gasteiger partial charge in [-0.3, -0.25) is 4.79 Å². The van der Waals surface area contributed by atoms with Crippen LogP contribution in [-0.2, 0) is 16.1 Å². The van der Waals surface area contributed by atoms with Crippen molar-refractivity contribution in [3.05, 3.63) is 23.8 Å². The van der Waals surface area contributed by atoms with Crippen LogP contribution in [0.4, 0.5) is 0 Å². The highest BCUT2D eigenvalue weighted by Gasteiger charge is 2.22. The van der Waals surface area contributed by atoms with E-state index in [2.05, 4.69) is 5.32 Å². The zero-order chi connectivity index (χ0) is 16.1. The van der Waals surface area contributed by atoms with E-state index in [0.29, 0.717) is 26.2 Å². The smallest absolute Gasteiger partial charge is 0.236 e. The van der Waals surface area contributed by atoms with Crippen molar-refractivity contribution in [1.29, 1.82) is 0 Å². The van der Waals surface area contributed by atoms with Crippen molar-refractivity contribution >= 4 is 18.3 Å². The Labute approximate surface area is 148 Å². The molecule has 0 aromatic heterocycles. The molecule has 1 N–H and O–H groups in total. The van der Waals surface area contributed by atoms with Gasteiger partial charge in [-0.05, 0) is 43.0 Å². The number of ether oxygens (including phenoxy) is 3. The predicted molar refractivity (Wildman–Crippen MR) is 92.7 cm³/mol. The summed E-state index contributed by atoms with van der Waals surface area (Å²) in [6.45, 7) is 3.23. The van der Waals surface area contributed by atoms with Crippen LogP contribution in [0.25, 0.3) is 0 Å². The topological polar surface area (TPSA) is 60.0 Å². The number of hydrogen-bond acceptors (Lipinski definition) is 5. The second-order valence-corrected chi connectivity index (χ2v) is 6.07. The Balaban J connectivity index is 0.00000208. The van der Waals surface area contributed by atoms with Gasteiger partial charge in [0.05, 0.1) is 13.2 Å². The van der Waals surface area contributed by atoms with Crippen LogP contribution < -0.4 is 14.8 Å². The summed E-state index contributed by atoms with van der Waals surface area (Å²) in [4.78, 5) is 14.3. The molecule has 24 heavy (non-hydrogen) atoms. The van der Waals surface area contributed by atoms with Crippen molar-refractivity contribution in [3.8, 4) is 11.5 Å². The van der Waals surface area contributed by atoms with Gasteiger partial charge in [0.25, 0.3) is 0 Å². The van der Waals surface area contributed by atoms with Crippen molar-refractivity contribution in [2.45, 2.75) is 19.4 Å². The fraction of sp³-hybridized carbons (Fsp3) is 0.588. The second-order valence-electron chi connectivity index (χ2n) is 6.07. The average Bonchev–Trinajstić information content (AvgIpc) is 3.26. The number of nitrogens with zero attached hydrogens (tertiary/aromatic N) is 1. The maximum atomic E-state index is 12.4. The second kappa shape index (κ2) is 9.11. The Morgan fingerprint density at radius 3 is 2.88 bits per heavy atom. The van der Waals surface area contributed by atoms with Crippen LogP contribution in [0, 0.1) is 5.92 Å². The molecule has 1 aliphatic carbocycles. The minimum Gasteiger partial charge on any atom is -0.454 e. The molecule has 1 fully saturated rings. The zero-order valence-electron chi connectivity index (χ0n) is 14.0. The summed E-state index contributed by atoms with van der Waals surface area (Å²) >= 11 is 0. The number of amides is 1. The molecule has 1 aliphatic heterocycles. The van der Waals surface area contributed by atoms with Gasteiger partial charge in [0, 0.05) is 20.2 Å². The summed E-state index contributed by atoms with van der Waals surface area (Å²) < 4.78 is 15.8. The van der Waals surface area contributed by atoms with Gasteiger partial charge < -0.3 is 24.4 Å². The lowest BCUT2D eigenvalue weighted by molar-refractivity contribution is -0.131. The van der Waals surface area contributed by atoms with E-state index < -0.39 is 0 Å². The fourth-order valence-corrected chi connectivity index (χ4v) is 2.57. The van der Waals surface area contributed by atoms with Gasteiger partial charge in [-0.25, -0.2) is 0 Å². The number of halogens is 1. The molecule has 0 spiro atoms. The first kappa shape index (κ1) is 18.8. The largest absolute Gasteiger partial charge is 0.454 e. The Bertz CT molecular complexity index is 551. The molecule has 1 aromatic rings. The molecule has 3 rings (SSSR count). The molecule has 0 unspecified atom stereocenters. The molecule has 7 heteroatoms. The lowest BCUT2D eigenvalue weighted by atomic mass is 10.2. The summed E-state index contributed by atoms with van der Waals surface area (Å²) in [5, 5.41) is 3.25. The van der Waals surface area contributed by atoms with Gasteiger partial charge >= 0.3 is 0 Å². The SMILES string of the molecule is COCCN(Cc1ccc2c(c1)OCO2)C(=O)CNCC1CC1.Cl. The van der Waals surface area contributed by atoms with Crippen LogP contribution in [-0.4, -0.2) is 51.0 Å². The number of nitrogens with one attached hydrogen (secondary N) is 1. The maximum Gasteiger partial charge on any atom is 0.236 e. The van der Waals surface area contributed by atoms with Gasteiger partial charge in [0.15, 0.2) is 11.5 Å². The van der Waals surface area contributed by atoms with Crippen LogP contribution >= 0.6 is 12.4 Å². The minimum atomic E-state index is 0. The maximum absolute atomic E-state index is 12.4. The van der Waals surface area contributed by atoms with Crippen LogP contribution in [0.2, 0.25) is 0 Å². The molecule has 1 aromatic carbocycles. The molecular formula is C17H25ClN2O4. The van der Waals surface area contributed by atoms with Gasteiger partial charge in [-0.2, -0.15) is 0 Å². The van der Waals surface area contributed by atoms with E-state index in [1.165, 1.54) is 12.8 Å². The molecule has 1 saturated carbocycles. The number of carbonyl (C=O) groups is 1. The predicted octanol–water partition coefficient (Wildman–Crippen LogP) is 1.81. The van der Waals surface area contributed by atoms with E-state index in [1.807, 2.05) is 23.1 Å². The van der Waals surface area contributed by atoms with Gasteiger partial charge in [0.1, 0.15) is 0 Å². The third-order valence-electron chi connectivity index (χ3n) is 4.13. The zero-order valence-corrected chi connectivity index (χ0v) is 14.8. The molecule has 2 aliphatic rings. The third kappa shape index (κ3) is 5.26. The molecule has 0 atom stereocenters. The number of fused-ring (bicyclic) bond motifs is 1. The van der Waals surface area contributed by atoms with Gasteiger partial charge in [0.2, 0.25) is 12.7 Å². The molecule has 0 bridgehead atoms. The van der Waals surface area contributed by atoms with Crippen LogP contribution in [0.5, 0.6) is 11.5 Å². The highest BCUT2D eigenvalue weighted by molar-refractivity contribution is 5.85.